The Kier molecular flexibility index (Phi) is 4.81. The summed E-state index contributed by atoms with van der Waals surface area (Å²) in [5.41, 5.74) is 2.46. The molecular weight excluding hydrogens is 390 g/mol. The van der Waals surface area contributed by atoms with E-state index >= 15 is 0 Å². The SMILES string of the molecule is C=CO/N=C1/C=C2CC[C@@H]3[C@H](CC[C@]4(C)[C@@H](c5ccc(=O)oc5)CC[C@]34O)[C@@]2(C)CC1. The molecule has 0 spiro atoms. The van der Waals surface area contributed by atoms with Gasteiger partial charge in [-0.25, -0.2) is 4.79 Å². The van der Waals surface area contributed by atoms with Gasteiger partial charge in [-0.15, -0.1) is 0 Å². The third kappa shape index (κ3) is 2.92. The predicted molar refractivity (Wildman–Crippen MR) is 120 cm³/mol. The van der Waals surface area contributed by atoms with Gasteiger partial charge in [0.25, 0.3) is 0 Å². The summed E-state index contributed by atoms with van der Waals surface area (Å²) >= 11 is 0. The molecule has 1 aromatic heterocycles. The molecule has 4 aliphatic rings. The van der Waals surface area contributed by atoms with E-state index in [1.807, 2.05) is 6.07 Å². The van der Waals surface area contributed by atoms with E-state index in [0.717, 1.165) is 62.6 Å². The number of aliphatic hydroxyl groups is 1. The molecule has 31 heavy (non-hydrogen) atoms. The van der Waals surface area contributed by atoms with Crippen LogP contribution in [0, 0.1) is 22.7 Å². The van der Waals surface area contributed by atoms with Gasteiger partial charge in [0, 0.05) is 11.5 Å². The van der Waals surface area contributed by atoms with Crippen LogP contribution >= 0.6 is 0 Å². The van der Waals surface area contributed by atoms with Gasteiger partial charge in [-0.05, 0) is 92.2 Å². The van der Waals surface area contributed by atoms with Crippen LogP contribution in [0.5, 0.6) is 0 Å². The van der Waals surface area contributed by atoms with E-state index in [4.69, 9.17) is 9.25 Å². The highest BCUT2D eigenvalue weighted by atomic mass is 16.6. The fourth-order valence-corrected chi connectivity index (χ4v) is 7.82. The van der Waals surface area contributed by atoms with E-state index in [1.54, 1.807) is 6.26 Å². The van der Waals surface area contributed by atoms with E-state index in [0.29, 0.717) is 11.8 Å². The van der Waals surface area contributed by atoms with E-state index in [-0.39, 0.29) is 22.4 Å². The first-order valence-electron chi connectivity index (χ1n) is 11.7. The molecule has 0 radical (unpaired) electrons. The highest BCUT2D eigenvalue weighted by molar-refractivity contribution is 5.96. The van der Waals surface area contributed by atoms with Crippen LogP contribution in [0.25, 0.3) is 0 Å². The van der Waals surface area contributed by atoms with Gasteiger partial charge < -0.3 is 14.4 Å². The lowest BCUT2D eigenvalue weighted by atomic mass is 9.45. The van der Waals surface area contributed by atoms with Crippen LogP contribution in [0.15, 0.2) is 57.3 Å². The Labute approximate surface area is 183 Å². The molecule has 1 N–H and O–H groups in total. The van der Waals surface area contributed by atoms with Gasteiger partial charge in [0.15, 0.2) is 0 Å². The zero-order valence-electron chi connectivity index (χ0n) is 18.6. The third-order valence-corrected chi connectivity index (χ3v) is 9.53. The van der Waals surface area contributed by atoms with E-state index < -0.39 is 5.60 Å². The standard InChI is InChI=1S/C26H33NO4/c1-4-31-27-19-9-12-24(2)18(15-19)6-7-22-21(24)10-13-25(3)20(11-14-26(22,25)29)17-5-8-23(28)30-16-17/h4-5,8,15-16,20-22,29H,1,6-7,9-14H2,2-3H3/b27-19+/t20-,21+,22-,24+,25-,26+/m1/s1. The van der Waals surface area contributed by atoms with Crippen LogP contribution in [0.2, 0.25) is 0 Å². The quantitative estimate of drug-likeness (QED) is 0.528. The van der Waals surface area contributed by atoms with Crippen molar-refractivity contribution in [3.8, 4) is 0 Å². The second kappa shape index (κ2) is 7.19. The zero-order chi connectivity index (χ0) is 21.9. The fraction of sp³-hybridized carbons (Fsp3) is 0.615. The van der Waals surface area contributed by atoms with Gasteiger partial charge in [-0.2, -0.15) is 0 Å². The molecule has 0 saturated heterocycles. The average Bonchev–Trinajstić information content (AvgIpc) is 3.04. The minimum absolute atomic E-state index is 0.116. The Balaban J connectivity index is 1.47. The maximum atomic E-state index is 12.3. The maximum Gasteiger partial charge on any atom is 0.335 e. The summed E-state index contributed by atoms with van der Waals surface area (Å²) in [6, 6.07) is 3.41. The Morgan fingerprint density at radius 3 is 2.74 bits per heavy atom. The number of rotatable bonds is 3. The van der Waals surface area contributed by atoms with Crippen molar-refractivity contribution in [2.24, 2.45) is 27.8 Å². The number of fused-ring (bicyclic) bond motifs is 5. The van der Waals surface area contributed by atoms with Gasteiger partial charge >= 0.3 is 5.63 Å². The van der Waals surface area contributed by atoms with Crippen LogP contribution in [0.4, 0.5) is 0 Å². The normalized spacial score (nSPS) is 42.9. The highest BCUT2D eigenvalue weighted by Gasteiger charge is 2.66. The van der Waals surface area contributed by atoms with Crippen molar-refractivity contribution >= 4 is 5.71 Å². The van der Waals surface area contributed by atoms with Crippen molar-refractivity contribution in [3.05, 3.63) is 58.9 Å². The molecule has 0 aromatic carbocycles. The second-order valence-electron chi connectivity index (χ2n) is 10.6. The van der Waals surface area contributed by atoms with Gasteiger partial charge in [0.2, 0.25) is 0 Å². The summed E-state index contributed by atoms with van der Waals surface area (Å²) in [5.74, 6) is 1.02. The number of allylic oxidation sites excluding steroid dienone is 2. The first-order chi connectivity index (χ1) is 14.8. The van der Waals surface area contributed by atoms with E-state index in [2.05, 4.69) is 31.7 Å². The lowest BCUT2D eigenvalue weighted by molar-refractivity contribution is -0.176. The molecule has 5 nitrogen and oxygen atoms in total. The van der Waals surface area contributed by atoms with Crippen LogP contribution in [0.1, 0.15) is 76.7 Å². The topological polar surface area (TPSA) is 72.0 Å². The molecule has 3 saturated carbocycles. The molecule has 5 rings (SSSR count). The molecule has 0 bridgehead atoms. The summed E-state index contributed by atoms with van der Waals surface area (Å²) in [7, 11) is 0. The molecule has 6 atom stereocenters. The summed E-state index contributed by atoms with van der Waals surface area (Å²) in [6.45, 7) is 8.26. The summed E-state index contributed by atoms with van der Waals surface area (Å²) in [4.78, 5) is 16.5. The number of hydrogen-bond donors (Lipinski definition) is 1. The van der Waals surface area contributed by atoms with Crippen LogP contribution in [-0.2, 0) is 4.84 Å². The average molecular weight is 424 g/mol. The van der Waals surface area contributed by atoms with Crippen LogP contribution < -0.4 is 5.63 Å². The van der Waals surface area contributed by atoms with Crippen molar-refractivity contribution in [1.82, 2.24) is 0 Å². The molecule has 0 unspecified atom stereocenters. The first-order valence-corrected chi connectivity index (χ1v) is 11.7. The van der Waals surface area contributed by atoms with E-state index in [1.165, 1.54) is 17.9 Å². The molecule has 1 aromatic rings. The Bertz CT molecular complexity index is 988. The van der Waals surface area contributed by atoms with Crippen LogP contribution in [-0.4, -0.2) is 16.4 Å². The highest BCUT2D eigenvalue weighted by Crippen LogP contribution is 2.69. The van der Waals surface area contributed by atoms with Crippen molar-refractivity contribution in [2.75, 3.05) is 0 Å². The number of oxime groups is 1. The molecule has 0 amide bonds. The Hall–Kier alpha value is -2.14. The fourth-order valence-electron chi connectivity index (χ4n) is 7.82. The lowest BCUT2D eigenvalue weighted by Crippen LogP contribution is -2.60. The Morgan fingerprint density at radius 1 is 1.16 bits per heavy atom. The van der Waals surface area contributed by atoms with E-state index in [9.17, 15) is 9.90 Å². The van der Waals surface area contributed by atoms with Crippen molar-refractivity contribution in [1.29, 1.82) is 0 Å². The van der Waals surface area contributed by atoms with Crippen LogP contribution in [0.3, 0.4) is 0 Å². The minimum atomic E-state index is -0.675. The van der Waals surface area contributed by atoms with Crippen molar-refractivity contribution < 1.29 is 14.4 Å². The first kappa shape index (κ1) is 20.7. The smallest absolute Gasteiger partial charge is 0.335 e. The Morgan fingerprint density at radius 2 is 2.00 bits per heavy atom. The predicted octanol–water partition coefficient (Wildman–Crippen LogP) is 5.32. The molecule has 1 heterocycles. The summed E-state index contributed by atoms with van der Waals surface area (Å²) in [6.07, 6.45) is 13.1. The minimum Gasteiger partial charge on any atom is -0.431 e. The molecule has 166 valence electrons. The molecule has 4 aliphatic carbocycles. The third-order valence-electron chi connectivity index (χ3n) is 9.53. The molecular formula is C26H33NO4. The van der Waals surface area contributed by atoms with Crippen molar-refractivity contribution in [3.63, 3.8) is 0 Å². The largest absolute Gasteiger partial charge is 0.431 e. The molecule has 5 heteroatoms. The van der Waals surface area contributed by atoms with Gasteiger partial charge in [-0.1, -0.05) is 31.2 Å². The number of nitrogens with zero attached hydrogens (tertiary/aromatic N) is 1. The molecule has 0 aliphatic heterocycles. The van der Waals surface area contributed by atoms with Gasteiger partial charge in [-0.3, -0.25) is 0 Å². The molecule has 3 fully saturated rings. The summed E-state index contributed by atoms with van der Waals surface area (Å²) in [5, 5.41) is 16.5. The number of hydrogen-bond acceptors (Lipinski definition) is 5. The van der Waals surface area contributed by atoms with Crippen molar-refractivity contribution in [2.45, 2.75) is 76.7 Å². The lowest BCUT2D eigenvalue weighted by Gasteiger charge is -2.61. The summed E-state index contributed by atoms with van der Waals surface area (Å²) < 4.78 is 5.19. The zero-order valence-corrected chi connectivity index (χ0v) is 18.6. The monoisotopic (exact) mass is 423 g/mol. The maximum absolute atomic E-state index is 12.3. The van der Waals surface area contributed by atoms with Gasteiger partial charge in [0.05, 0.1) is 17.6 Å². The van der Waals surface area contributed by atoms with Gasteiger partial charge in [0.1, 0.15) is 6.26 Å². The second-order valence-corrected chi connectivity index (χ2v) is 10.6.